The maximum Gasteiger partial charge on any atom is 0.146 e. The molecule has 1 nitrogen and oxygen atoms in total. The van der Waals surface area contributed by atoms with Gasteiger partial charge >= 0.3 is 0 Å². The van der Waals surface area contributed by atoms with Crippen molar-refractivity contribution in [2.75, 3.05) is 0 Å². The van der Waals surface area contributed by atoms with Crippen molar-refractivity contribution in [1.82, 2.24) is 0 Å². The molecule has 16 heavy (non-hydrogen) atoms. The van der Waals surface area contributed by atoms with Gasteiger partial charge in [0.25, 0.3) is 0 Å². The van der Waals surface area contributed by atoms with Gasteiger partial charge in [-0.15, -0.1) is 0 Å². The van der Waals surface area contributed by atoms with E-state index in [0.29, 0.717) is 5.78 Å². The Labute approximate surface area is 97.9 Å². The Morgan fingerprint density at radius 3 is 2.81 bits per heavy atom. The van der Waals surface area contributed by atoms with E-state index in [0.717, 1.165) is 25.7 Å². The average Bonchev–Trinajstić information content (AvgIpc) is 2.39. The van der Waals surface area contributed by atoms with Crippen LogP contribution in [-0.4, -0.2) is 5.78 Å². The lowest BCUT2D eigenvalue weighted by atomic mass is 9.82. The number of carbonyl (C=O) groups excluding carboxylic acids is 1. The first kappa shape index (κ1) is 11.4. The maximum absolute atomic E-state index is 12.2. The molecular weight excluding hydrogens is 196 g/mol. The summed E-state index contributed by atoms with van der Waals surface area (Å²) in [5.74, 6) is 0.724. The third kappa shape index (κ3) is 2.52. The number of rotatable bonds is 3. The van der Waals surface area contributed by atoms with Crippen molar-refractivity contribution >= 4 is 5.78 Å². The highest BCUT2D eigenvalue weighted by Crippen LogP contribution is 2.26. The van der Waals surface area contributed by atoms with Gasteiger partial charge in [-0.25, -0.2) is 0 Å². The second kappa shape index (κ2) is 5.29. The molecular formula is C15H20O. The quantitative estimate of drug-likeness (QED) is 0.655. The molecule has 0 heterocycles. The second-order valence-electron chi connectivity index (χ2n) is 4.70. The summed E-state index contributed by atoms with van der Waals surface area (Å²) >= 11 is 0. The Morgan fingerprint density at radius 2 is 2.25 bits per heavy atom. The SMILES string of the molecule is CCC1=CCC(C(=O)C2C=CCCC2)C=C1. The van der Waals surface area contributed by atoms with Crippen LogP contribution in [0.4, 0.5) is 0 Å². The van der Waals surface area contributed by atoms with Crippen molar-refractivity contribution < 1.29 is 4.79 Å². The topological polar surface area (TPSA) is 17.1 Å². The maximum atomic E-state index is 12.2. The summed E-state index contributed by atoms with van der Waals surface area (Å²) in [6.45, 7) is 2.15. The first-order valence-electron chi connectivity index (χ1n) is 6.39. The van der Waals surface area contributed by atoms with Crippen molar-refractivity contribution in [3.8, 4) is 0 Å². The molecule has 0 aromatic rings. The Balaban J connectivity index is 1.97. The molecule has 0 aliphatic heterocycles. The third-order valence-electron chi connectivity index (χ3n) is 3.57. The van der Waals surface area contributed by atoms with Gasteiger partial charge in [-0.2, -0.15) is 0 Å². The van der Waals surface area contributed by atoms with Crippen molar-refractivity contribution in [2.45, 2.75) is 39.0 Å². The Morgan fingerprint density at radius 1 is 1.38 bits per heavy atom. The molecule has 0 bridgehead atoms. The van der Waals surface area contributed by atoms with Gasteiger partial charge in [-0.1, -0.05) is 42.9 Å². The summed E-state index contributed by atoms with van der Waals surface area (Å²) in [6.07, 6.45) is 16.0. The smallest absolute Gasteiger partial charge is 0.146 e. The number of hydrogen-bond donors (Lipinski definition) is 0. The van der Waals surface area contributed by atoms with Crippen molar-refractivity contribution in [3.05, 3.63) is 36.0 Å². The van der Waals surface area contributed by atoms with E-state index in [2.05, 4.69) is 37.3 Å². The number of Topliss-reactive ketones (excluding diaryl/α,β-unsaturated/α-hetero) is 1. The molecule has 0 aromatic heterocycles. The molecule has 0 fully saturated rings. The highest BCUT2D eigenvalue weighted by atomic mass is 16.1. The Hall–Kier alpha value is -1.11. The number of hydrogen-bond acceptors (Lipinski definition) is 1. The van der Waals surface area contributed by atoms with Crippen LogP contribution in [0.5, 0.6) is 0 Å². The lowest BCUT2D eigenvalue weighted by Crippen LogP contribution is -2.22. The largest absolute Gasteiger partial charge is 0.298 e. The number of allylic oxidation sites excluding steroid dienone is 6. The van der Waals surface area contributed by atoms with Gasteiger partial charge in [-0.05, 0) is 32.1 Å². The van der Waals surface area contributed by atoms with Crippen LogP contribution < -0.4 is 0 Å². The molecule has 2 aliphatic carbocycles. The van der Waals surface area contributed by atoms with Gasteiger partial charge in [0.15, 0.2) is 0 Å². The summed E-state index contributed by atoms with van der Waals surface area (Å²) in [5, 5.41) is 0. The number of carbonyl (C=O) groups is 1. The molecule has 0 amide bonds. The predicted molar refractivity (Wildman–Crippen MR) is 67.1 cm³/mol. The summed E-state index contributed by atoms with van der Waals surface area (Å²) in [7, 11) is 0. The molecule has 2 atom stereocenters. The fourth-order valence-corrected chi connectivity index (χ4v) is 2.46. The van der Waals surface area contributed by atoms with Crippen molar-refractivity contribution in [1.29, 1.82) is 0 Å². The molecule has 86 valence electrons. The molecule has 0 saturated carbocycles. The minimum atomic E-state index is 0.128. The molecule has 0 radical (unpaired) electrons. The fourth-order valence-electron chi connectivity index (χ4n) is 2.46. The van der Waals surface area contributed by atoms with Gasteiger partial charge in [0.05, 0.1) is 0 Å². The molecule has 0 spiro atoms. The molecule has 0 aromatic carbocycles. The van der Waals surface area contributed by atoms with Gasteiger partial charge in [0.2, 0.25) is 0 Å². The normalized spacial score (nSPS) is 28.9. The molecule has 0 saturated heterocycles. The molecule has 2 rings (SSSR count). The molecule has 0 N–H and O–H groups in total. The lowest BCUT2D eigenvalue weighted by Gasteiger charge is -2.21. The van der Waals surface area contributed by atoms with E-state index in [1.165, 1.54) is 12.0 Å². The zero-order chi connectivity index (χ0) is 11.4. The van der Waals surface area contributed by atoms with E-state index < -0.39 is 0 Å². The zero-order valence-electron chi connectivity index (χ0n) is 9.99. The first-order valence-corrected chi connectivity index (χ1v) is 6.39. The van der Waals surface area contributed by atoms with Gasteiger partial charge < -0.3 is 0 Å². The number of ketones is 1. The van der Waals surface area contributed by atoms with Crippen LogP contribution in [0.3, 0.4) is 0 Å². The van der Waals surface area contributed by atoms with Crippen LogP contribution in [0.2, 0.25) is 0 Å². The van der Waals surface area contributed by atoms with E-state index in [1.807, 2.05) is 0 Å². The van der Waals surface area contributed by atoms with E-state index in [9.17, 15) is 4.79 Å². The van der Waals surface area contributed by atoms with Crippen LogP contribution in [-0.2, 0) is 4.79 Å². The minimum Gasteiger partial charge on any atom is -0.298 e. The van der Waals surface area contributed by atoms with Crippen LogP contribution in [0, 0.1) is 11.8 Å². The third-order valence-corrected chi connectivity index (χ3v) is 3.57. The van der Waals surface area contributed by atoms with Crippen LogP contribution in [0.1, 0.15) is 39.0 Å². The summed E-state index contributed by atoms with van der Waals surface area (Å²) in [4.78, 5) is 12.2. The Kier molecular flexibility index (Phi) is 3.76. The average molecular weight is 216 g/mol. The Bertz CT molecular complexity index is 346. The lowest BCUT2D eigenvalue weighted by molar-refractivity contribution is -0.124. The fraction of sp³-hybridized carbons (Fsp3) is 0.533. The van der Waals surface area contributed by atoms with E-state index >= 15 is 0 Å². The highest BCUT2D eigenvalue weighted by molar-refractivity contribution is 5.87. The first-order chi connectivity index (χ1) is 7.81. The van der Waals surface area contributed by atoms with E-state index in [1.54, 1.807) is 0 Å². The second-order valence-corrected chi connectivity index (χ2v) is 4.70. The van der Waals surface area contributed by atoms with Crippen LogP contribution >= 0.6 is 0 Å². The van der Waals surface area contributed by atoms with E-state index in [-0.39, 0.29) is 11.8 Å². The molecule has 1 heteroatoms. The molecule has 2 unspecified atom stereocenters. The van der Waals surface area contributed by atoms with Gasteiger partial charge in [0.1, 0.15) is 5.78 Å². The van der Waals surface area contributed by atoms with Gasteiger partial charge in [0, 0.05) is 11.8 Å². The molecule has 2 aliphatic rings. The minimum absolute atomic E-state index is 0.128. The standard InChI is InChI=1S/C15H20O/c1-2-12-8-10-14(11-9-12)15(16)13-6-4-3-5-7-13/h4,6,8-10,13-14H,2-3,5,7,11H2,1H3. The summed E-state index contributed by atoms with van der Waals surface area (Å²) < 4.78 is 0. The highest BCUT2D eigenvalue weighted by Gasteiger charge is 2.24. The monoisotopic (exact) mass is 216 g/mol. The summed E-state index contributed by atoms with van der Waals surface area (Å²) in [5.41, 5.74) is 1.36. The van der Waals surface area contributed by atoms with Crippen LogP contribution in [0.15, 0.2) is 36.0 Å². The summed E-state index contributed by atoms with van der Waals surface area (Å²) in [6, 6.07) is 0. The predicted octanol–water partition coefficient (Wildman–Crippen LogP) is 3.82. The van der Waals surface area contributed by atoms with E-state index in [4.69, 9.17) is 0 Å². The zero-order valence-corrected chi connectivity index (χ0v) is 9.99. The van der Waals surface area contributed by atoms with Crippen LogP contribution in [0.25, 0.3) is 0 Å². The van der Waals surface area contributed by atoms with Crippen molar-refractivity contribution in [2.24, 2.45) is 11.8 Å². The van der Waals surface area contributed by atoms with Gasteiger partial charge in [-0.3, -0.25) is 4.79 Å². The van der Waals surface area contributed by atoms with Crippen molar-refractivity contribution in [3.63, 3.8) is 0 Å².